The second kappa shape index (κ2) is 7.13. The van der Waals surface area contributed by atoms with Gasteiger partial charge in [-0.25, -0.2) is 0 Å². The van der Waals surface area contributed by atoms with Crippen LogP contribution in [0.3, 0.4) is 0 Å². The van der Waals surface area contributed by atoms with Crippen LogP contribution in [0.5, 0.6) is 0 Å². The summed E-state index contributed by atoms with van der Waals surface area (Å²) in [5.74, 6) is -0.173. The highest BCUT2D eigenvalue weighted by Gasteiger charge is 2.29. The van der Waals surface area contributed by atoms with Gasteiger partial charge in [0, 0.05) is 19.6 Å². The van der Waals surface area contributed by atoms with E-state index in [-0.39, 0.29) is 19.1 Å². The van der Waals surface area contributed by atoms with Crippen LogP contribution in [0, 0.1) is 0 Å². The molecule has 0 bridgehead atoms. The molecule has 0 heterocycles. The zero-order chi connectivity index (χ0) is 14.3. The number of aliphatic hydroxyl groups is 1. The van der Waals surface area contributed by atoms with Crippen molar-refractivity contribution in [3.05, 3.63) is 35.4 Å². The summed E-state index contributed by atoms with van der Waals surface area (Å²) < 4.78 is 36.9. The molecule has 3 nitrogen and oxygen atoms in total. The topological polar surface area (TPSA) is 49.3 Å². The van der Waals surface area contributed by atoms with Gasteiger partial charge >= 0.3 is 6.18 Å². The lowest BCUT2D eigenvalue weighted by molar-refractivity contribution is -0.137. The Labute approximate surface area is 109 Å². The van der Waals surface area contributed by atoms with Crippen molar-refractivity contribution in [2.75, 3.05) is 6.61 Å². The Balaban J connectivity index is 2.40. The molecule has 19 heavy (non-hydrogen) atoms. The molecule has 0 spiro atoms. The van der Waals surface area contributed by atoms with E-state index in [0.717, 1.165) is 12.1 Å². The van der Waals surface area contributed by atoms with Gasteiger partial charge in [-0.3, -0.25) is 4.79 Å². The molecule has 2 N–H and O–H groups in total. The number of carbonyl (C=O) groups excluding carboxylic acids is 1. The number of rotatable bonds is 6. The third kappa shape index (κ3) is 5.74. The van der Waals surface area contributed by atoms with Gasteiger partial charge in [-0.15, -0.1) is 0 Å². The lowest BCUT2D eigenvalue weighted by Crippen LogP contribution is -2.22. The third-order valence-corrected chi connectivity index (χ3v) is 2.58. The first-order valence-corrected chi connectivity index (χ1v) is 5.97. The van der Waals surface area contributed by atoms with Crippen molar-refractivity contribution < 1.29 is 23.1 Å². The van der Waals surface area contributed by atoms with Gasteiger partial charge in [0.15, 0.2) is 0 Å². The van der Waals surface area contributed by atoms with Crippen molar-refractivity contribution in [2.45, 2.75) is 32.0 Å². The van der Waals surface area contributed by atoms with Crippen LogP contribution in [0.15, 0.2) is 24.3 Å². The Morgan fingerprint density at radius 2 is 1.79 bits per heavy atom. The fourth-order valence-corrected chi connectivity index (χ4v) is 1.50. The summed E-state index contributed by atoms with van der Waals surface area (Å²) in [6, 6.07) is 4.67. The van der Waals surface area contributed by atoms with Gasteiger partial charge in [-0.1, -0.05) is 12.1 Å². The number of alkyl halides is 3. The first-order valence-electron chi connectivity index (χ1n) is 5.97. The van der Waals surface area contributed by atoms with E-state index in [0.29, 0.717) is 24.8 Å². The molecule has 1 aromatic carbocycles. The van der Waals surface area contributed by atoms with Crippen LogP contribution in [-0.4, -0.2) is 17.6 Å². The number of halogens is 3. The van der Waals surface area contributed by atoms with Crippen molar-refractivity contribution >= 4 is 5.91 Å². The summed E-state index contributed by atoms with van der Waals surface area (Å²) in [7, 11) is 0. The Kier molecular flexibility index (Phi) is 5.82. The minimum Gasteiger partial charge on any atom is -0.396 e. The quantitative estimate of drug-likeness (QED) is 0.784. The molecular formula is C13H16F3NO2. The summed E-state index contributed by atoms with van der Waals surface area (Å²) in [4.78, 5) is 11.3. The van der Waals surface area contributed by atoms with E-state index >= 15 is 0 Å². The molecule has 1 aromatic rings. The van der Waals surface area contributed by atoms with Crippen LogP contribution in [-0.2, 0) is 17.5 Å². The van der Waals surface area contributed by atoms with E-state index < -0.39 is 11.7 Å². The molecule has 0 radical (unpaired) electrons. The van der Waals surface area contributed by atoms with Crippen molar-refractivity contribution in [3.63, 3.8) is 0 Å². The van der Waals surface area contributed by atoms with Gasteiger partial charge in [0.25, 0.3) is 0 Å². The van der Waals surface area contributed by atoms with Gasteiger partial charge in [0.2, 0.25) is 5.91 Å². The molecule has 1 amide bonds. The zero-order valence-corrected chi connectivity index (χ0v) is 10.3. The minimum absolute atomic E-state index is 0.0478. The Morgan fingerprint density at radius 1 is 1.16 bits per heavy atom. The summed E-state index contributed by atoms with van der Waals surface area (Å²) in [5.41, 5.74) is -0.0889. The number of hydrogen-bond acceptors (Lipinski definition) is 2. The van der Waals surface area contributed by atoms with Crippen LogP contribution in [0.25, 0.3) is 0 Å². The Bertz CT molecular complexity index is 401. The van der Waals surface area contributed by atoms with Crippen LogP contribution in [0.2, 0.25) is 0 Å². The van der Waals surface area contributed by atoms with Crippen LogP contribution < -0.4 is 5.32 Å². The van der Waals surface area contributed by atoms with Crippen molar-refractivity contribution in [1.29, 1.82) is 0 Å². The van der Waals surface area contributed by atoms with E-state index in [4.69, 9.17) is 5.11 Å². The molecular weight excluding hydrogens is 259 g/mol. The zero-order valence-electron chi connectivity index (χ0n) is 10.3. The molecule has 6 heteroatoms. The molecule has 0 saturated carbocycles. The van der Waals surface area contributed by atoms with Crippen LogP contribution >= 0.6 is 0 Å². The fourth-order valence-electron chi connectivity index (χ4n) is 1.50. The Morgan fingerprint density at radius 3 is 2.32 bits per heavy atom. The van der Waals surface area contributed by atoms with Gasteiger partial charge in [-0.2, -0.15) is 13.2 Å². The normalized spacial score (nSPS) is 11.4. The molecule has 0 atom stereocenters. The number of carbonyl (C=O) groups is 1. The summed E-state index contributed by atoms with van der Waals surface area (Å²) in [5, 5.41) is 11.2. The molecule has 0 aromatic heterocycles. The van der Waals surface area contributed by atoms with E-state index in [1.165, 1.54) is 12.1 Å². The standard InChI is InChI=1S/C13H16F3NO2/c14-13(15,16)11-6-4-10(5-7-11)9-17-12(19)3-1-2-8-18/h4-7,18H,1-3,8-9H2,(H,17,19). The van der Waals surface area contributed by atoms with Crippen LogP contribution in [0.1, 0.15) is 30.4 Å². The maximum Gasteiger partial charge on any atom is 0.416 e. The number of benzene rings is 1. The number of amides is 1. The van der Waals surface area contributed by atoms with Crippen molar-refractivity contribution in [2.24, 2.45) is 0 Å². The molecule has 0 unspecified atom stereocenters. The molecule has 1 rings (SSSR count). The number of nitrogens with one attached hydrogen (secondary N) is 1. The van der Waals surface area contributed by atoms with E-state index in [2.05, 4.69) is 5.32 Å². The molecule has 0 aliphatic carbocycles. The van der Waals surface area contributed by atoms with E-state index in [1.54, 1.807) is 0 Å². The molecule has 106 valence electrons. The number of unbranched alkanes of at least 4 members (excludes halogenated alkanes) is 1. The van der Waals surface area contributed by atoms with E-state index in [9.17, 15) is 18.0 Å². The first-order chi connectivity index (χ1) is 8.93. The first kappa shape index (κ1) is 15.5. The predicted octanol–water partition coefficient (Wildman–Crippen LogP) is 2.48. The third-order valence-electron chi connectivity index (χ3n) is 2.58. The largest absolute Gasteiger partial charge is 0.416 e. The van der Waals surface area contributed by atoms with Crippen LogP contribution in [0.4, 0.5) is 13.2 Å². The van der Waals surface area contributed by atoms with E-state index in [1.807, 2.05) is 0 Å². The second-order valence-electron chi connectivity index (χ2n) is 4.15. The Hall–Kier alpha value is -1.56. The predicted molar refractivity (Wildman–Crippen MR) is 64.2 cm³/mol. The lowest BCUT2D eigenvalue weighted by Gasteiger charge is -2.08. The minimum atomic E-state index is -4.34. The SMILES string of the molecule is O=C(CCCCO)NCc1ccc(C(F)(F)F)cc1. The molecule has 0 saturated heterocycles. The number of aliphatic hydroxyl groups excluding tert-OH is 1. The average Bonchev–Trinajstić information content (AvgIpc) is 2.36. The lowest BCUT2D eigenvalue weighted by atomic mass is 10.1. The summed E-state index contributed by atoms with van der Waals surface area (Å²) >= 11 is 0. The monoisotopic (exact) mass is 275 g/mol. The van der Waals surface area contributed by atoms with Gasteiger partial charge in [0.05, 0.1) is 5.56 Å². The molecule has 0 fully saturated rings. The maximum absolute atomic E-state index is 12.3. The molecule has 0 aliphatic rings. The number of hydrogen-bond donors (Lipinski definition) is 2. The highest BCUT2D eigenvalue weighted by Crippen LogP contribution is 2.28. The van der Waals surface area contributed by atoms with Crippen molar-refractivity contribution in [1.82, 2.24) is 5.32 Å². The highest BCUT2D eigenvalue weighted by molar-refractivity contribution is 5.75. The van der Waals surface area contributed by atoms with Gasteiger partial charge in [0.1, 0.15) is 0 Å². The fraction of sp³-hybridized carbons (Fsp3) is 0.462. The average molecular weight is 275 g/mol. The smallest absolute Gasteiger partial charge is 0.396 e. The summed E-state index contributed by atoms with van der Waals surface area (Å²) in [6.07, 6.45) is -2.88. The van der Waals surface area contributed by atoms with Gasteiger partial charge < -0.3 is 10.4 Å². The van der Waals surface area contributed by atoms with Gasteiger partial charge in [-0.05, 0) is 30.5 Å². The van der Waals surface area contributed by atoms with Crippen molar-refractivity contribution in [3.8, 4) is 0 Å². The molecule has 0 aliphatic heterocycles. The second-order valence-corrected chi connectivity index (χ2v) is 4.15. The summed E-state index contributed by atoms with van der Waals surface area (Å²) in [6.45, 7) is 0.252. The highest BCUT2D eigenvalue weighted by atomic mass is 19.4. The maximum atomic E-state index is 12.3.